The van der Waals surface area contributed by atoms with E-state index in [-0.39, 0.29) is 12.3 Å². The van der Waals surface area contributed by atoms with Crippen LogP contribution in [0.1, 0.15) is 5.69 Å². The smallest absolute Gasteiger partial charge is 0.189 e. The summed E-state index contributed by atoms with van der Waals surface area (Å²) < 4.78 is 14.4. The van der Waals surface area contributed by atoms with E-state index in [4.69, 9.17) is 0 Å². The molecule has 0 aliphatic rings. The lowest BCUT2D eigenvalue weighted by molar-refractivity contribution is 0.877. The maximum atomic E-state index is 12.3. The number of pyridine rings is 1. The topological polar surface area (TPSA) is 30.7 Å². The Balaban J connectivity index is 2.80. The van der Waals surface area contributed by atoms with Crippen LogP contribution in [0.4, 0.5) is 3.89 Å². The van der Waals surface area contributed by atoms with Gasteiger partial charge in [0.05, 0.1) is 5.69 Å². The summed E-state index contributed by atoms with van der Waals surface area (Å²) in [4.78, 5) is 4.07. The molecule has 2 aromatic heterocycles. The lowest BCUT2D eigenvalue weighted by Gasteiger charge is -1.92. The van der Waals surface area contributed by atoms with E-state index in [0.717, 1.165) is 19.6 Å². The maximum Gasteiger partial charge on any atom is 0.189 e. The molecule has 0 spiro atoms. The van der Waals surface area contributed by atoms with Crippen LogP contribution in [0.15, 0.2) is 16.7 Å². The van der Waals surface area contributed by atoms with Gasteiger partial charge in [-0.15, -0.1) is 3.89 Å². The van der Waals surface area contributed by atoms with Gasteiger partial charge in [0.15, 0.2) is 18.0 Å². The van der Waals surface area contributed by atoms with Crippen LogP contribution in [0.3, 0.4) is 0 Å². The van der Waals surface area contributed by atoms with Crippen molar-refractivity contribution in [3.8, 4) is 0 Å². The van der Waals surface area contributed by atoms with Crippen molar-refractivity contribution < 1.29 is 3.89 Å². The summed E-state index contributed by atoms with van der Waals surface area (Å²) in [6, 6.07) is 1.87. The predicted octanol–water partition coefficient (Wildman–Crippen LogP) is 2.88. The van der Waals surface area contributed by atoms with Gasteiger partial charge in [0.1, 0.15) is 0 Å². The Hall–Kier alpha value is -0.620. The fraction of sp³-hybridized carbons (Fsp3) is 0.143. The highest BCUT2D eigenvalue weighted by Gasteiger charge is 2.09. The fourth-order valence-electron chi connectivity index (χ4n) is 1.14. The molecule has 2 rings (SSSR count). The van der Waals surface area contributed by atoms with Crippen LogP contribution in [0.25, 0.3) is 11.0 Å². The molecule has 0 fully saturated rings. The molecule has 0 radical (unpaired) electrons. The van der Waals surface area contributed by atoms with Gasteiger partial charge in [0, 0.05) is 16.1 Å². The minimum absolute atomic E-state index is 0.0527. The van der Waals surface area contributed by atoms with Gasteiger partial charge in [0.25, 0.3) is 0 Å². The van der Waals surface area contributed by atoms with E-state index in [0.29, 0.717) is 5.65 Å². The third-order valence-corrected chi connectivity index (χ3v) is 2.53. The number of hydrogen-bond donors (Lipinski definition) is 0. The molecular weight excluding hydrogens is 257 g/mol. The largest absolute Gasteiger partial charge is 0.235 e. The highest BCUT2D eigenvalue weighted by atomic mass is 79.9. The maximum absolute atomic E-state index is 12.3. The molecule has 0 saturated heterocycles. The normalized spacial score (nSPS) is 11.0. The molecule has 2 heterocycles. The molecule has 0 amide bonds. The number of fused-ring (bicyclic) bond motifs is 1. The number of aryl methyl sites for hydroxylation is 1. The highest BCUT2D eigenvalue weighted by molar-refractivity contribution is 9.10. The summed E-state index contributed by atoms with van der Waals surface area (Å²) in [6.45, 7) is 1.82. The molecule has 0 N–H and O–H groups in total. The van der Waals surface area contributed by atoms with Crippen molar-refractivity contribution in [2.45, 2.75) is 6.92 Å². The van der Waals surface area contributed by atoms with E-state index in [1.165, 1.54) is 0 Å². The zero-order chi connectivity index (χ0) is 9.42. The number of rotatable bonds is 1. The second-order valence-electron chi connectivity index (χ2n) is 2.55. The fourth-order valence-corrected chi connectivity index (χ4v) is 1.83. The monoisotopic (exact) mass is 261 g/mol. The lowest BCUT2D eigenvalue weighted by Crippen LogP contribution is -1.87. The van der Waals surface area contributed by atoms with Gasteiger partial charge in [-0.1, -0.05) is 0 Å². The average molecular weight is 262 g/mol. The Morgan fingerprint density at radius 2 is 2.38 bits per heavy atom. The SMILES string of the molecule is Cc1nn(SF)c2ncc(Br)cc12. The van der Waals surface area contributed by atoms with Gasteiger partial charge in [-0.2, -0.15) is 9.19 Å². The average Bonchev–Trinajstić information content (AvgIpc) is 2.43. The summed E-state index contributed by atoms with van der Waals surface area (Å²) >= 11 is 3.35. The number of aromatic nitrogens is 3. The molecule has 0 aliphatic carbocycles. The molecule has 2 aromatic rings. The quantitative estimate of drug-likeness (QED) is 0.791. The van der Waals surface area contributed by atoms with Crippen LogP contribution in [0.2, 0.25) is 0 Å². The minimum atomic E-state index is 0.0527. The van der Waals surface area contributed by atoms with Gasteiger partial charge in [0.2, 0.25) is 0 Å². The molecule has 0 aromatic carbocycles. The van der Waals surface area contributed by atoms with Crippen molar-refractivity contribution in [3.05, 3.63) is 22.4 Å². The first kappa shape index (κ1) is 8.96. The minimum Gasteiger partial charge on any atom is -0.235 e. The standard InChI is InChI=1S/C7H5BrFN3S/c1-4-6-2-5(8)3-10-7(6)12(11-4)13-9/h2-3H,1H3. The van der Waals surface area contributed by atoms with Crippen molar-refractivity contribution in [1.29, 1.82) is 0 Å². The Morgan fingerprint density at radius 3 is 3.08 bits per heavy atom. The van der Waals surface area contributed by atoms with Crippen LogP contribution >= 0.6 is 28.3 Å². The molecule has 6 heteroatoms. The van der Waals surface area contributed by atoms with Gasteiger partial charge in [-0.25, -0.2) is 4.98 Å². The van der Waals surface area contributed by atoms with Crippen LogP contribution < -0.4 is 0 Å². The van der Waals surface area contributed by atoms with Crippen LogP contribution in [-0.4, -0.2) is 14.2 Å². The lowest BCUT2D eigenvalue weighted by atomic mass is 10.3. The van der Waals surface area contributed by atoms with Gasteiger partial charge in [-0.3, -0.25) is 0 Å². The molecule has 0 aliphatic heterocycles. The molecule has 0 saturated carbocycles. The van der Waals surface area contributed by atoms with Gasteiger partial charge >= 0.3 is 0 Å². The summed E-state index contributed by atoms with van der Waals surface area (Å²) in [6.07, 6.45) is 1.62. The Bertz CT molecular complexity index is 456. The third kappa shape index (κ3) is 1.44. The molecule has 3 nitrogen and oxygen atoms in total. The summed E-state index contributed by atoms with van der Waals surface area (Å²) in [7, 11) is 0. The van der Waals surface area contributed by atoms with Crippen molar-refractivity contribution in [1.82, 2.24) is 14.2 Å². The Morgan fingerprint density at radius 1 is 1.62 bits per heavy atom. The number of halogens is 2. The Labute approximate surface area is 86.9 Å². The first-order chi connectivity index (χ1) is 6.22. The van der Waals surface area contributed by atoms with E-state index in [1.54, 1.807) is 6.20 Å². The molecular formula is C7H5BrFN3S. The summed E-state index contributed by atoms with van der Waals surface area (Å²) in [5.41, 5.74) is 1.32. The molecule has 68 valence electrons. The van der Waals surface area contributed by atoms with E-state index >= 15 is 0 Å². The number of hydrogen-bond acceptors (Lipinski definition) is 3. The number of nitrogens with zero attached hydrogens (tertiary/aromatic N) is 3. The van der Waals surface area contributed by atoms with E-state index < -0.39 is 0 Å². The zero-order valence-electron chi connectivity index (χ0n) is 6.66. The van der Waals surface area contributed by atoms with Crippen molar-refractivity contribution in [2.75, 3.05) is 0 Å². The zero-order valence-corrected chi connectivity index (χ0v) is 9.06. The van der Waals surface area contributed by atoms with E-state index in [9.17, 15) is 3.89 Å². The van der Waals surface area contributed by atoms with Crippen LogP contribution in [-0.2, 0) is 0 Å². The van der Waals surface area contributed by atoms with Crippen molar-refractivity contribution in [2.24, 2.45) is 0 Å². The first-order valence-corrected chi connectivity index (χ1v) is 4.99. The third-order valence-electron chi connectivity index (χ3n) is 1.71. The van der Waals surface area contributed by atoms with E-state index in [2.05, 4.69) is 26.0 Å². The molecule has 13 heavy (non-hydrogen) atoms. The molecule has 0 unspecified atom stereocenters. The molecule has 0 atom stereocenters. The predicted molar refractivity (Wildman–Crippen MR) is 54.1 cm³/mol. The Kier molecular flexibility index (Phi) is 2.25. The van der Waals surface area contributed by atoms with Crippen molar-refractivity contribution in [3.63, 3.8) is 0 Å². The van der Waals surface area contributed by atoms with Crippen LogP contribution in [0, 0.1) is 6.92 Å². The second-order valence-corrected chi connectivity index (χ2v) is 3.95. The summed E-state index contributed by atoms with van der Waals surface area (Å²) in [5, 5.41) is 4.83. The van der Waals surface area contributed by atoms with Gasteiger partial charge < -0.3 is 0 Å². The summed E-state index contributed by atoms with van der Waals surface area (Å²) in [5.74, 6) is 0. The van der Waals surface area contributed by atoms with Crippen LogP contribution in [0.5, 0.6) is 0 Å². The van der Waals surface area contributed by atoms with Crippen molar-refractivity contribution >= 4 is 39.3 Å². The first-order valence-electron chi connectivity index (χ1n) is 3.52. The second kappa shape index (κ2) is 3.26. The van der Waals surface area contributed by atoms with E-state index in [1.807, 2.05) is 13.0 Å². The highest BCUT2D eigenvalue weighted by Crippen LogP contribution is 2.23. The molecule has 0 bridgehead atoms. The van der Waals surface area contributed by atoms with Gasteiger partial charge in [-0.05, 0) is 28.9 Å².